The molecule has 0 unspecified atom stereocenters. The van der Waals surface area contributed by atoms with Crippen molar-refractivity contribution in [3.63, 3.8) is 0 Å². The summed E-state index contributed by atoms with van der Waals surface area (Å²) in [6.07, 6.45) is 0. The molecule has 4 heteroatoms. The van der Waals surface area contributed by atoms with E-state index in [1.807, 2.05) is 25.1 Å². The first-order valence-corrected chi connectivity index (χ1v) is 4.66. The van der Waals surface area contributed by atoms with Crippen LogP contribution in [0.3, 0.4) is 0 Å². The van der Waals surface area contributed by atoms with E-state index < -0.39 is 0 Å². The number of benzene rings is 1. The van der Waals surface area contributed by atoms with Crippen LogP contribution in [0.1, 0.15) is 11.4 Å². The van der Waals surface area contributed by atoms with Crippen LogP contribution in [0.2, 0.25) is 0 Å². The van der Waals surface area contributed by atoms with E-state index in [2.05, 4.69) is 10.1 Å². The Morgan fingerprint density at radius 3 is 2.67 bits per heavy atom. The van der Waals surface area contributed by atoms with E-state index in [0.717, 1.165) is 16.9 Å². The van der Waals surface area contributed by atoms with Gasteiger partial charge in [-0.1, -0.05) is 16.8 Å². The second kappa shape index (κ2) is 3.73. The molecule has 0 saturated carbocycles. The van der Waals surface area contributed by atoms with Gasteiger partial charge in [-0.2, -0.15) is 4.98 Å². The van der Waals surface area contributed by atoms with E-state index in [4.69, 9.17) is 9.26 Å². The summed E-state index contributed by atoms with van der Waals surface area (Å²) >= 11 is 0. The Hall–Kier alpha value is -1.84. The normalized spacial score (nSPS) is 10.3. The van der Waals surface area contributed by atoms with Crippen molar-refractivity contribution >= 4 is 0 Å². The Balaban J connectivity index is 2.55. The van der Waals surface area contributed by atoms with Crippen molar-refractivity contribution in [2.24, 2.45) is 0 Å². The Kier molecular flexibility index (Phi) is 2.41. The molecule has 0 fully saturated rings. The predicted octanol–water partition coefficient (Wildman–Crippen LogP) is 2.36. The minimum absolute atomic E-state index is 0.494. The molecule has 0 saturated heterocycles. The number of rotatable bonds is 2. The van der Waals surface area contributed by atoms with E-state index >= 15 is 0 Å². The van der Waals surface area contributed by atoms with Crippen molar-refractivity contribution in [3.05, 3.63) is 29.6 Å². The van der Waals surface area contributed by atoms with E-state index in [-0.39, 0.29) is 0 Å². The molecule has 1 aromatic heterocycles. The van der Waals surface area contributed by atoms with Crippen molar-refractivity contribution in [3.8, 4) is 17.2 Å². The molecule has 0 atom stereocenters. The zero-order valence-corrected chi connectivity index (χ0v) is 8.94. The third kappa shape index (κ3) is 1.83. The van der Waals surface area contributed by atoms with Crippen LogP contribution < -0.4 is 4.74 Å². The Morgan fingerprint density at radius 1 is 1.27 bits per heavy atom. The number of aromatic nitrogens is 2. The molecule has 2 rings (SSSR count). The highest BCUT2D eigenvalue weighted by Crippen LogP contribution is 2.29. The van der Waals surface area contributed by atoms with Gasteiger partial charge in [0.25, 0.3) is 5.89 Å². The molecule has 4 nitrogen and oxygen atoms in total. The van der Waals surface area contributed by atoms with Crippen molar-refractivity contribution in [2.45, 2.75) is 13.8 Å². The molecular weight excluding hydrogens is 192 g/mol. The molecule has 0 aliphatic heterocycles. The molecular formula is C11H12N2O2. The lowest BCUT2D eigenvalue weighted by molar-refractivity contribution is 0.403. The van der Waals surface area contributed by atoms with Crippen LogP contribution in [0.15, 0.2) is 22.7 Å². The molecule has 0 bridgehead atoms. The van der Waals surface area contributed by atoms with Gasteiger partial charge in [-0.3, -0.25) is 0 Å². The zero-order valence-electron chi connectivity index (χ0n) is 8.94. The van der Waals surface area contributed by atoms with Crippen LogP contribution >= 0.6 is 0 Å². The summed E-state index contributed by atoms with van der Waals surface area (Å²) in [7, 11) is 1.62. The molecule has 1 aromatic carbocycles. The van der Waals surface area contributed by atoms with Crippen LogP contribution in [0, 0.1) is 13.8 Å². The highest BCUT2D eigenvalue weighted by Gasteiger charge is 2.12. The first-order chi connectivity index (χ1) is 7.20. The fourth-order valence-corrected chi connectivity index (χ4v) is 1.40. The molecule has 78 valence electrons. The maximum atomic E-state index is 5.24. The molecule has 0 spiro atoms. The van der Waals surface area contributed by atoms with Gasteiger partial charge in [-0.05, 0) is 26.0 Å². The molecule has 0 aliphatic carbocycles. The summed E-state index contributed by atoms with van der Waals surface area (Å²) in [4.78, 5) is 4.17. The van der Waals surface area contributed by atoms with Crippen molar-refractivity contribution in [1.29, 1.82) is 0 Å². The van der Waals surface area contributed by atoms with Gasteiger partial charge in [0.2, 0.25) is 0 Å². The smallest absolute Gasteiger partial charge is 0.261 e. The Morgan fingerprint density at radius 2 is 2.07 bits per heavy atom. The minimum atomic E-state index is 0.494. The lowest BCUT2D eigenvalue weighted by atomic mass is 10.1. The van der Waals surface area contributed by atoms with Gasteiger partial charge in [-0.25, -0.2) is 0 Å². The third-order valence-electron chi connectivity index (χ3n) is 2.11. The lowest BCUT2D eigenvalue weighted by Crippen LogP contribution is -1.89. The van der Waals surface area contributed by atoms with Gasteiger partial charge in [-0.15, -0.1) is 0 Å². The van der Waals surface area contributed by atoms with Crippen molar-refractivity contribution < 1.29 is 9.26 Å². The number of aryl methyl sites for hydroxylation is 2. The van der Waals surface area contributed by atoms with Crippen LogP contribution in [-0.2, 0) is 0 Å². The maximum absolute atomic E-state index is 5.24. The van der Waals surface area contributed by atoms with Crippen molar-refractivity contribution in [2.75, 3.05) is 7.11 Å². The Labute approximate surface area is 87.9 Å². The second-order valence-electron chi connectivity index (χ2n) is 3.35. The number of hydrogen-bond donors (Lipinski definition) is 0. The summed E-state index contributed by atoms with van der Waals surface area (Å²) < 4.78 is 10.3. The second-order valence-corrected chi connectivity index (χ2v) is 3.35. The number of nitrogens with zero attached hydrogens (tertiary/aromatic N) is 2. The van der Waals surface area contributed by atoms with Gasteiger partial charge in [0.15, 0.2) is 5.82 Å². The molecule has 2 aromatic rings. The van der Waals surface area contributed by atoms with Gasteiger partial charge in [0.1, 0.15) is 5.75 Å². The topological polar surface area (TPSA) is 48.2 Å². The summed E-state index contributed by atoms with van der Waals surface area (Å²) in [6, 6.07) is 5.83. The average molecular weight is 204 g/mol. The van der Waals surface area contributed by atoms with E-state index in [9.17, 15) is 0 Å². The molecule has 15 heavy (non-hydrogen) atoms. The quantitative estimate of drug-likeness (QED) is 0.753. The first-order valence-electron chi connectivity index (χ1n) is 4.66. The summed E-state index contributed by atoms with van der Waals surface area (Å²) in [5, 5.41) is 3.76. The summed E-state index contributed by atoms with van der Waals surface area (Å²) in [5.41, 5.74) is 1.96. The first kappa shape index (κ1) is 9.71. The van der Waals surface area contributed by atoms with Gasteiger partial charge in [0.05, 0.1) is 12.7 Å². The van der Waals surface area contributed by atoms with E-state index in [1.54, 1.807) is 14.0 Å². The fourth-order valence-electron chi connectivity index (χ4n) is 1.40. The molecule has 0 N–H and O–H groups in total. The van der Waals surface area contributed by atoms with Crippen LogP contribution in [0.5, 0.6) is 5.75 Å². The van der Waals surface area contributed by atoms with Gasteiger partial charge in [0, 0.05) is 0 Å². The monoisotopic (exact) mass is 204 g/mol. The molecule has 0 amide bonds. The van der Waals surface area contributed by atoms with Crippen LogP contribution in [-0.4, -0.2) is 17.3 Å². The van der Waals surface area contributed by atoms with Gasteiger partial charge >= 0.3 is 0 Å². The number of ether oxygens (including phenoxy) is 1. The zero-order chi connectivity index (χ0) is 10.8. The standard InChI is InChI=1S/C11H12N2O2/c1-7-4-5-10(14-3)9(6-7)11-12-8(2)13-15-11/h4-6H,1-3H3. The maximum Gasteiger partial charge on any atom is 0.261 e. The SMILES string of the molecule is COc1ccc(C)cc1-c1nc(C)no1. The van der Waals surface area contributed by atoms with Crippen molar-refractivity contribution in [1.82, 2.24) is 10.1 Å². The lowest BCUT2D eigenvalue weighted by Gasteiger charge is -2.05. The largest absolute Gasteiger partial charge is 0.496 e. The van der Waals surface area contributed by atoms with E-state index in [0.29, 0.717) is 11.7 Å². The summed E-state index contributed by atoms with van der Waals surface area (Å²) in [6.45, 7) is 3.79. The average Bonchev–Trinajstić information content (AvgIpc) is 2.65. The highest BCUT2D eigenvalue weighted by atomic mass is 16.5. The van der Waals surface area contributed by atoms with Gasteiger partial charge < -0.3 is 9.26 Å². The van der Waals surface area contributed by atoms with Crippen LogP contribution in [0.25, 0.3) is 11.5 Å². The molecule has 0 radical (unpaired) electrons. The molecule has 1 heterocycles. The highest BCUT2D eigenvalue weighted by molar-refractivity contribution is 5.63. The minimum Gasteiger partial charge on any atom is -0.496 e. The molecule has 0 aliphatic rings. The third-order valence-corrected chi connectivity index (χ3v) is 2.11. The number of hydrogen-bond acceptors (Lipinski definition) is 4. The Bertz CT molecular complexity index is 477. The predicted molar refractivity (Wildman–Crippen MR) is 55.8 cm³/mol. The number of methoxy groups -OCH3 is 1. The fraction of sp³-hybridized carbons (Fsp3) is 0.273. The summed E-state index contributed by atoms with van der Waals surface area (Å²) in [5.74, 6) is 1.85. The van der Waals surface area contributed by atoms with Crippen LogP contribution in [0.4, 0.5) is 0 Å². The van der Waals surface area contributed by atoms with E-state index in [1.165, 1.54) is 0 Å².